The maximum absolute atomic E-state index is 9.65. The van der Waals surface area contributed by atoms with Gasteiger partial charge in [0.1, 0.15) is 5.76 Å². The minimum atomic E-state index is -0.183. The summed E-state index contributed by atoms with van der Waals surface area (Å²) in [5, 5.41) is 18.9. The fourth-order valence-corrected chi connectivity index (χ4v) is 2.89. The lowest BCUT2D eigenvalue weighted by Crippen LogP contribution is -2.03. The molecule has 0 saturated heterocycles. The quantitative estimate of drug-likeness (QED) is 0.529. The molecule has 0 amide bonds. The number of nitrogens with two attached hydrogens (primary N) is 1. The van der Waals surface area contributed by atoms with Crippen LogP contribution in [0.3, 0.4) is 0 Å². The number of nitrogen functional groups attached to an aromatic ring is 1. The first-order valence-corrected chi connectivity index (χ1v) is 8.71. The molecule has 0 unspecified atom stereocenters. The van der Waals surface area contributed by atoms with Gasteiger partial charge in [-0.1, -0.05) is 17.0 Å². The summed E-state index contributed by atoms with van der Waals surface area (Å²) in [6, 6.07) is 9.29. The van der Waals surface area contributed by atoms with Crippen molar-refractivity contribution in [3.8, 4) is 17.7 Å². The zero-order valence-corrected chi connectivity index (χ0v) is 15.4. The van der Waals surface area contributed by atoms with Gasteiger partial charge in [-0.15, -0.1) is 0 Å². The Morgan fingerprint density at radius 1 is 1.29 bits per heavy atom. The number of aliphatic hydroxyl groups excluding tert-OH is 1. The number of aryl methyl sites for hydroxylation is 1. The molecule has 0 bridgehead atoms. The second kappa shape index (κ2) is 7.13. The minimum Gasteiger partial charge on any atom is -0.390 e. The molecule has 0 radical (unpaired) electrons. The molecule has 0 saturated carbocycles. The van der Waals surface area contributed by atoms with Crippen LogP contribution < -0.4 is 5.73 Å². The van der Waals surface area contributed by atoms with Crippen molar-refractivity contribution in [2.75, 3.05) is 5.73 Å². The van der Waals surface area contributed by atoms with Crippen molar-refractivity contribution in [1.82, 2.24) is 24.9 Å². The van der Waals surface area contributed by atoms with Crippen LogP contribution in [0, 0.1) is 18.8 Å². The Kier molecular flexibility index (Phi) is 4.51. The van der Waals surface area contributed by atoms with Gasteiger partial charge in [-0.2, -0.15) is 10.1 Å². The molecule has 1 atom stereocenters. The van der Waals surface area contributed by atoms with E-state index in [1.807, 2.05) is 38.1 Å². The molecule has 0 fully saturated rings. The average Bonchev–Trinajstić information content (AvgIpc) is 3.29. The van der Waals surface area contributed by atoms with Crippen LogP contribution in [0.15, 0.2) is 41.1 Å². The number of rotatable bonds is 3. The summed E-state index contributed by atoms with van der Waals surface area (Å²) >= 11 is 0. The van der Waals surface area contributed by atoms with Crippen molar-refractivity contribution < 1.29 is 9.63 Å². The van der Waals surface area contributed by atoms with Crippen molar-refractivity contribution in [3.63, 3.8) is 0 Å². The van der Waals surface area contributed by atoms with Crippen LogP contribution >= 0.6 is 0 Å². The van der Waals surface area contributed by atoms with E-state index < -0.39 is 0 Å². The summed E-state index contributed by atoms with van der Waals surface area (Å²) in [5.74, 6) is 7.72. The van der Waals surface area contributed by atoms with Crippen molar-refractivity contribution in [1.29, 1.82) is 0 Å². The Morgan fingerprint density at radius 3 is 2.86 bits per heavy atom. The van der Waals surface area contributed by atoms with Crippen molar-refractivity contribution >= 4 is 16.9 Å². The van der Waals surface area contributed by atoms with E-state index in [0.29, 0.717) is 11.5 Å². The van der Waals surface area contributed by atoms with E-state index in [1.165, 1.54) is 0 Å². The van der Waals surface area contributed by atoms with Gasteiger partial charge >= 0.3 is 0 Å². The fourth-order valence-electron chi connectivity index (χ4n) is 2.89. The normalized spacial score (nSPS) is 12.0. The Morgan fingerprint density at radius 2 is 2.14 bits per heavy atom. The molecule has 4 aromatic rings. The molecular formula is C20H18N6O2. The largest absolute Gasteiger partial charge is 0.390 e. The average molecular weight is 374 g/mol. The van der Waals surface area contributed by atoms with Crippen molar-refractivity contribution in [3.05, 3.63) is 59.2 Å². The second-order valence-electron chi connectivity index (χ2n) is 6.38. The Labute approximate surface area is 161 Å². The van der Waals surface area contributed by atoms with E-state index in [1.54, 1.807) is 16.9 Å². The zero-order chi connectivity index (χ0) is 19.7. The van der Waals surface area contributed by atoms with E-state index in [2.05, 4.69) is 32.1 Å². The fraction of sp³-hybridized carbons (Fsp3) is 0.200. The summed E-state index contributed by atoms with van der Waals surface area (Å²) in [6.45, 7) is 3.64. The first-order valence-electron chi connectivity index (χ1n) is 8.71. The number of fused-ring (bicyclic) bond motifs is 1. The topological polar surface area (TPSA) is 116 Å². The third-order valence-corrected chi connectivity index (χ3v) is 4.31. The number of hydrogen-bond acceptors (Lipinski definition) is 7. The Balaban J connectivity index is 1.76. The summed E-state index contributed by atoms with van der Waals surface area (Å²) in [6.07, 6.45) is 1.56. The Hall–Kier alpha value is -3.70. The van der Waals surface area contributed by atoms with Gasteiger partial charge in [0.2, 0.25) is 5.95 Å². The summed E-state index contributed by atoms with van der Waals surface area (Å²) in [5.41, 5.74) is 8.64. The highest BCUT2D eigenvalue weighted by Crippen LogP contribution is 2.23. The standard InChI is InChI=1S/C20H18N6O2/c1-12(16-9-13(2)28-25-16)3-4-14-5-6-15-17(11-27)24-26(18(15)10-14)19-7-8-22-20(21)23-19/h5-10,12,27H,11H2,1-2H3,(H2,21,22,23)/t12-/m1/s1. The number of anilines is 1. The van der Waals surface area contributed by atoms with Crippen LogP contribution in [-0.4, -0.2) is 30.0 Å². The predicted octanol–water partition coefficient (Wildman–Crippen LogP) is 2.34. The van der Waals surface area contributed by atoms with E-state index in [-0.39, 0.29) is 18.5 Å². The van der Waals surface area contributed by atoms with Gasteiger partial charge in [0, 0.05) is 29.3 Å². The monoisotopic (exact) mass is 374 g/mol. The molecule has 3 N–H and O–H groups in total. The molecule has 0 spiro atoms. The number of aliphatic hydroxyl groups is 1. The van der Waals surface area contributed by atoms with Gasteiger partial charge in [-0.05, 0) is 32.0 Å². The number of nitrogens with zero attached hydrogens (tertiary/aromatic N) is 5. The molecule has 140 valence electrons. The first kappa shape index (κ1) is 17.7. The lowest BCUT2D eigenvalue weighted by molar-refractivity contribution is 0.277. The molecule has 28 heavy (non-hydrogen) atoms. The van der Waals surface area contributed by atoms with Crippen LogP contribution in [0.25, 0.3) is 16.7 Å². The van der Waals surface area contributed by atoms with Crippen LogP contribution in [0.4, 0.5) is 5.95 Å². The second-order valence-corrected chi connectivity index (χ2v) is 6.38. The van der Waals surface area contributed by atoms with Gasteiger partial charge in [-0.3, -0.25) is 0 Å². The molecule has 0 aliphatic rings. The maximum Gasteiger partial charge on any atom is 0.221 e. The third kappa shape index (κ3) is 3.31. The highest BCUT2D eigenvalue weighted by molar-refractivity contribution is 5.84. The summed E-state index contributed by atoms with van der Waals surface area (Å²) in [4.78, 5) is 8.13. The van der Waals surface area contributed by atoms with E-state index in [9.17, 15) is 5.11 Å². The number of aromatic nitrogens is 5. The molecule has 3 heterocycles. The highest BCUT2D eigenvalue weighted by Gasteiger charge is 2.13. The van der Waals surface area contributed by atoms with Gasteiger partial charge in [0.15, 0.2) is 5.82 Å². The van der Waals surface area contributed by atoms with E-state index in [4.69, 9.17) is 10.3 Å². The Bertz CT molecular complexity index is 1210. The summed E-state index contributed by atoms with van der Waals surface area (Å²) < 4.78 is 6.74. The molecule has 0 aliphatic heterocycles. The number of benzene rings is 1. The molecule has 3 aromatic heterocycles. The maximum atomic E-state index is 9.65. The van der Waals surface area contributed by atoms with Gasteiger partial charge in [0.25, 0.3) is 0 Å². The summed E-state index contributed by atoms with van der Waals surface area (Å²) in [7, 11) is 0. The SMILES string of the molecule is Cc1cc([C@H](C)C#Cc2ccc3c(CO)nn(-c4ccnc(N)n4)c3c2)no1. The van der Waals surface area contributed by atoms with E-state index >= 15 is 0 Å². The molecular weight excluding hydrogens is 356 g/mol. The highest BCUT2D eigenvalue weighted by atomic mass is 16.5. The van der Waals surface area contributed by atoms with Gasteiger partial charge < -0.3 is 15.4 Å². The molecule has 4 rings (SSSR count). The van der Waals surface area contributed by atoms with E-state index in [0.717, 1.165) is 27.9 Å². The molecule has 8 heteroatoms. The molecule has 8 nitrogen and oxygen atoms in total. The lowest BCUT2D eigenvalue weighted by atomic mass is 10.1. The minimum absolute atomic E-state index is 0.0623. The first-order chi connectivity index (χ1) is 13.5. The van der Waals surface area contributed by atoms with Crippen LogP contribution in [0.1, 0.15) is 35.6 Å². The van der Waals surface area contributed by atoms with Gasteiger partial charge in [0.05, 0.1) is 29.4 Å². The van der Waals surface area contributed by atoms with Gasteiger partial charge in [-0.25, -0.2) is 9.67 Å². The molecule has 0 aliphatic carbocycles. The van der Waals surface area contributed by atoms with Crippen molar-refractivity contribution in [2.24, 2.45) is 0 Å². The molecule has 1 aromatic carbocycles. The van der Waals surface area contributed by atoms with Crippen LogP contribution in [0.2, 0.25) is 0 Å². The van der Waals surface area contributed by atoms with Crippen molar-refractivity contribution in [2.45, 2.75) is 26.4 Å². The van der Waals surface area contributed by atoms with Crippen LogP contribution in [-0.2, 0) is 6.61 Å². The smallest absolute Gasteiger partial charge is 0.221 e. The third-order valence-electron chi connectivity index (χ3n) is 4.31. The lowest BCUT2D eigenvalue weighted by Gasteiger charge is -2.03. The predicted molar refractivity (Wildman–Crippen MR) is 104 cm³/mol. The number of hydrogen-bond donors (Lipinski definition) is 2. The van der Waals surface area contributed by atoms with Crippen LogP contribution in [0.5, 0.6) is 0 Å². The zero-order valence-electron chi connectivity index (χ0n) is 15.4.